The first-order valence-corrected chi connectivity index (χ1v) is 7.02. The van der Waals surface area contributed by atoms with Crippen molar-refractivity contribution in [1.29, 1.82) is 0 Å². The lowest BCUT2D eigenvalue weighted by Crippen LogP contribution is -2.45. The molecule has 2 N–H and O–H groups in total. The van der Waals surface area contributed by atoms with E-state index < -0.39 is 5.60 Å². The molecule has 2 rings (SSSR count). The fourth-order valence-electron chi connectivity index (χ4n) is 2.73. The lowest BCUT2D eigenvalue weighted by Gasteiger charge is -2.35. The minimum absolute atomic E-state index is 0.175. The molecule has 1 aromatic heterocycles. The van der Waals surface area contributed by atoms with Crippen molar-refractivity contribution in [3.8, 4) is 0 Å². The summed E-state index contributed by atoms with van der Waals surface area (Å²) in [6.45, 7) is 2.52. The standard InChI is InChI=1S/C14H23N3O2/c1-3-11-4-7-14(19,8-5-11)10-15-13(18)12-6-9-16-17(12)2/h6,9,11,19H,3-5,7-8,10H2,1-2H3,(H,15,18). The van der Waals surface area contributed by atoms with Crippen molar-refractivity contribution in [2.45, 2.75) is 44.6 Å². The third kappa shape index (κ3) is 3.35. The highest BCUT2D eigenvalue weighted by molar-refractivity contribution is 5.92. The van der Waals surface area contributed by atoms with E-state index in [-0.39, 0.29) is 5.91 Å². The maximum absolute atomic E-state index is 11.9. The molecular weight excluding hydrogens is 242 g/mol. The number of aryl methyl sites for hydroxylation is 1. The zero-order chi connectivity index (χ0) is 13.9. The van der Waals surface area contributed by atoms with Gasteiger partial charge in [-0.25, -0.2) is 0 Å². The van der Waals surface area contributed by atoms with Gasteiger partial charge in [-0.2, -0.15) is 5.10 Å². The Morgan fingerprint density at radius 3 is 2.79 bits per heavy atom. The van der Waals surface area contributed by atoms with E-state index in [1.807, 2.05) is 0 Å². The molecule has 0 bridgehead atoms. The van der Waals surface area contributed by atoms with Crippen LogP contribution in [0.5, 0.6) is 0 Å². The lowest BCUT2D eigenvalue weighted by molar-refractivity contribution is -0.00793. The molecule has 0 spiro atoms. The molecule has 1 heterocycles. The van der Waals surface area contributed by atoms with Crippen molar-refractivity contribution in [2.75, 3.05) is 6.54 Å². The Labute approximate surface area is 114 Å². The maximum Gasteiger partial charge on any atom is 0.269 e. The topological polar surface area (TPSA) is 67.2 Å². The van der Waals surface area contributed by atoms with E-state index in [2.05, 4.69) is 17.3 Å². The highest BCUT2D eigenvalue weighted by Crippen LogP contribution is 2.33. The van der Waals surface area contributed by atoms with Crippen LogP contribution in [0.4, 0.5) is 0 Å². The van der Waals surface area contributed by atoms with Crippen LogP contribution in [0, 0.1) is 5.92 Å². The van der Waals surface area contributed by atoms with Crippen molar-refractivity contribution in [1.82, 2.24) is 15.1 Å². The van der Waals surface area contributed by atoms with Crippen LogP contribution < -0.4 is 5.32 Å². The number of carbonyl (C=O) groups excluding carboxylic acids is 1. The summed E-state index contributed by atoms with van der Waals surface area (Å²) in [4.78, 5) is 11.9. The molecule has 1 aliphatic rings. The van der Waals surface area contributed by atoms with E-state index in [4.69, 9.17) is 0 Å². The third-order valence-electron chi connectivity index (χ3n) is 4.24. The summed E-state index contributed by atoms with van der Waals surface area (Å²) >= 11 is 0. The van der Waals surface area contributed by atoms with Crippen LogP contribution in [0.15, 0.2) is 12.3 Å². The van der Waals surface area contributed by atoms with Gasteiger partial charge in [0.1, 0.15) is 5.69 Å². The molecule has 0 aliphatic heterocycles. The van der Waals surface area contributed by atoms with Crippen LogP contribution in [-0.4, -0.2) is 32.9 Å². The fraction of sp³-hybridized carbons (Fsp3) is 0.714. The summed E-state index contributed by atoms with van der Waals surface area (Å²) in [6.07, 6.45) is 6.42. The molecule has 0 radical (unpaired) electrons. The number of carbonyl (C=O) groups is 1. The summed E-state index contributed by atoms with van der Waals surface area (Å²) in [6, 6.07) is 1.67. The lowest BCUT2D eigenvalue weighted by atomic mass is 9.78. The number of nitrogens with zero attached hydrogens (tertiary/aromatic N) is 2. The maximum atomic E-state index is 11.9. The van der Waals surface area contributed by atoms with Crippen LogP contribution in [0.25, 0.3) is 0 Å². The Morgan fingerprint density at radius 2 is 2.26 bits per heavy atom. The molecule has 1 aliphatic carbocycles. The van der Waals surface area contributed by atoms with Crippen LogP contribution in [-0.2, 0) is 7.05 Å². The van der Waals surface area contributed by atoms with Crippen molar-refractivity contribution in [3.05, 3.63) is 18.0 Å². The minimum Gasteiger partial charge on any atom is -0.388 e. The molecule has 1 fully saturated rings. The van der Waals surface area contributed by atoms with Crippen molar-refractivity contribution in [2.24, 2.45) is 13.0 Å². The average Bonchev–Trinajstić information content (AvgIpc) is 2.83. The number of amides is 1. The van der Waals surface area contributed by atoms with Gasteiger partial charge in [0, 0.05) is 19.8 Å². The van der Waals surface area contributed by atoms with E-state index in [0.29, 0.717) is 12.2 Å². The van der Waals surface area contributed by atoms with Gasteiger partial charge in [0.05, 0.1) is 5.60 Å². The highest BCUT2D eigenvalue weighted by atomic mass is 16.3. The first-order valence-electron chi connectivity index (χ1n) is 7.02. The quantitative estimate of drug-likeness (QED) is 0.866. The molecule has 1 saturated carbocycles. The minimum atomic E-state index is -0.736. The van der Waals surface area contributed by atoms with E-state index in [1.54, 1.807) is 19.3 Å². The van der Waals surface area contributed by atoms with Crippen molar-refractivity contribution < 1.29 is 9.90 Å². The predicted octanol–water partition coefficient (Wildman–Crippen LogP) is 1.48. The molecule has 5 nitrogen and oxygen atoms in total. The van der Waals surface area contributed by atoms with Crippen LogP contribution >= 0.6 is 0 Å². The zero-order valence-electron chi connectivity index (χ0n) is 11.7. The molecule has 0 atom stereocenters. The molecule has 1 aromatic rings. The number of nitrogens with one attached hydrogen (secondary N) is 1. The molecule has 106 valence electrons. The Kier molecular flexibility index (Phi) is 4.24. The number of hydrogen-bond acceptors (Lipinski definition) is 3. The third-order valence-corrected chi connectivity index (χ3v) is 4.24. The van der Waals surface area contributed by atoms with E-state index in [1.165, 1.54) is 11.1 Å². The molecule has 0 unspecified atom stereocenters. The molecule has 0 saturated heterocycles. The molecular formula is C14H23N3O2. The predicted molar refractivity (Wildman–Crippen MR) is 72.7 cm³/mol. The van der Waals surface area contributed by atoms with Gasteiger partial charge in [-0.05, 0) is 37.7 Å². The van der Waals surface area contributed by atoms with Crippen molar-refractivity contribution in [3.63, 3.8) is 0 Å². The van der Waals surface area contributed by atoms with E-state index >= 15 is 0 Å². The Hall–Kier alpha value is -1.36. The van der Waals surface area contributed by atoms with Crippen molar-refractivity contribution >= 4 is 5.91 Å². The number of aliphatic hydroxyl groups is 1. The highest BCUT2D eigenvalue weighted by Gasteiger charge is 2.33. The summed E-state index contributed by atoms with van der Waals surface area (Å²) < 4.78 is 1.54. The van der Waals surface area contributed by atoms with Gasteiger partial charge in [-0.3, -0.25) is 9.48 Å². The molecule has 5 heteroatoms. The monoisotopic (exact) mass is 265 g/mol. The van der Waals surface area contributed by atoms with E-state index in [0.717, 1.165) is 31.6 Å². The first-order chi connectivity index (χ1) is 9.04. The Balaban J connectivity index is 1.85. The average molecular weight is 265 g/mol. The van der Waals surface area contributed by atoms with Crippen LogP contribution in [0.2, 0.25) is 0 Å². The second-order valence-corrected chi connectivity index (χ2v) is 5.60. The molecule has 1 amide bonds. The number of aromatic nitrogens is 2. The first kappa shape index (κ1) is 14.1. The van der Waals surface area contributed by atoms with Crippen LogP contribution in [0.1, 0.15) is 49.5 Å². The number of hydrogen-bond donors (Lipinski definition) is 2. The Bertz CT molecular complexity index is 434. The van der Waals surface area contributed by atoms with Gasteiger partial charge >= 0.3 is 0 Å². The van der Waals surface area contributed by atoms with Gasteiger partial charge in [0.15, 0.2) is 0 Å². The smallest absolute Gasteiger partial charge is 0.269 e. The van der Waals surface area contributed by atoms with Gasteiger partial charge in [0.2, 0.25) is 0 Å². The SMILES string of the molecule is CCC1CCC(O)(CNC(=O)c2ccnn2C)CC1. The normalized spacial score (nSPS) is 27.2. The van der Waals surface area contributed by atoms with Gasteiger partial charge in [0.25, 0.3) is 5.91 Å². The summed E-state index contributed by atoms with van der Waals surface area (Å²) in [5.41, 5.74) is -0.217. The summed E-state index contributed by atoms with van der Waals surface area (Å²) in [7, 11) is 1.73. The largest absolute Gasteiger partial charge is 0.388 e. The molecule has 19 heavy (non-hydrogen) atoms. The van der Waals surface area contributed by atoms with Gasteiger partial charge in [-0.15, -0.1) is 0 Å². The summed E-state index contributed by atoms with van der Waals surface area (Å²) in [5, 5.41) is 17.2. The van der Waals surface area contributed by atoms with Crippen LogP contribution in [0.3, 0.4) is 0 Å². The second kappa shape index (κ2) is 5.74. The van der Waals surface area contributed by atoms with Gasteiger partial charge < -0.3 is 10.4 Å². The zero-order valence-corrected chi connectivity index (χ0v) is 11.7. The number of rotatable bonds is 4. The van der Waals surface area contributed by atoms with Gasteiger partial charge in [-0.1, -0.05) is 13.3 Å². The molecule has 0 aromatic carbocycles. The van der Waals surface area contributed by atoms with E-state index in [9.17, 15) is 9.90 Å². The fourth-order valence-corrected chi connectivity index (χ4v) is 2.73. The Morgan fingerprint density at radius 1 is 1.58 bits per heavy atom. The second-order valence-electron chi connectivity index (χ2n) is 5.60. The summed E-state index contributed by atoms with van der Waals surface area (Å²) in [5.74, 6) is 0.555.